The maximum absolute atomic E-state index is 12.2. The van der Waals surface area contributed by atoms with Crippen molar-refractivity contribution in [1.29, 1.82) is 0 Å². The zero-order chi connectivity index (χ0) is 19.6. The number of hydrogen-bond acceptors (Lipinski definition) is 5. The summed E-state index contributed by atoms with van der Waals surface area (Å²) in [4.78, 5) is 22.8. The summed E-state index contributed by atoms with van der Waals surface area (Å²) in [6.07, 6.45) is 1.74. The Hall–Kier alpha value is -3.20. The van der Waals surface area contributed by atoms with Crippen LogP contribution in [0.2, 0.25) is 5.02 Å². The first-order valence-electron chi connectivity index (χ1n) is 8.09. The molecule has 0 aliphatic heterocycles. The van der Waals surface area contributed by atoms with Gasteiger partial charge in [-0.25, -0.2) is 0 Å². The first kappa shape index (κ1) is 18.6. The van der Waals surface area contributed by atoms with Crippen LogP contribution in [0.25, 0.3) is 0 Å². The summed E-state index contributed by atoms with van der Waals surface area (Å²) >= 11 is 5.97. The Bertz CT molecular complexity index is 1010. The molecule has 1 aromatic carbocycles. The number of rotatable bonds is 6. The first-order chi connectivity index (χ1) is 12.8. The summed E-state index contributed by atoms with van der Waals surface area (Å²) < 4.78 is 2.99. The van der Waals surface area contributed by atoms with Crippen LogP contribution in [-0.4, -0.2) is 30.4 Å². The molecule has 0 saturated carbocycles. The van der Waals surface area contributed by atoms with Gasteiger partial charge >= 0.3 is 5.69 Å². The molecule has 1 amide bonds. The Morgan fingerprint density at radius 1 is 1.30 bits per heavy atom. The van der Waals surface area contributed by atoms with E-state index >= 15 is 0 Å². The largest absolute Gasteiger partial charge is 0.312 e. The minimum Gasteiger partial charge on any atom is -0.308 e. The Balaban J connectivity index is 1.65. The van der Waals surface area contributed by atoms with Crippen molar-refractivity contribution in [1.82, 2.24) is 19.6 Å². The predicted molar refractivity (Wildman–Crippen MR) is 99.8 cm³/mol. The van der Waals surface area contributed by atoms with Crippen molar-refractivity contribution >= 4 is 29.0 Å². The number of carbonyl (C=O) groups excluding carboxylic acids is 1. The standard InChI is InChI=1S/C17H17ClN6O3/c1-11-17(24(26)27)12(2)23(20-11)10-16(25)19-15-6-7-22(21-15)9-13-4-3-5-14(18)8-13/h3-8H,9-10H2,1-2H3,(H,19,21,25). The highest BCUT2D eigenvalue weighted by Crippen LogP contribution is 2.21. The third-order valence-corrected chi connectivity index (χ3v) is 4.20. The number of nitro groups is 1. The maximum atomic E-state index is 12.2. The van der Waals surface area contributed by atoms with Gasteiger partial charge in [0.05, 0.1) is 11.5 Å². The summed E-state index contributed by atoms with van der Waals surface area (Å²) in [6, 6.07) is 9.10. The van der Waals surface area contributed by atoms with E-state index in [1.54, 1.807) is 29.9 Å². The third-order valence-electron chi connectivity index (χ3n) is 3.96. The van der Waals surface area contributed by atoms with E-state index in [2.05, 4.69) is 15.5 Å². The van der Waals surface area contributed by atoms with E-state index in [0.717, 1.165) is 5.56 Å². The van der Waals surface area contributed by atoms with Gasteiger partial charge in [0.1, 0.15) is 17.9 Å². The first-order valence-corrected chi connectivity index (χ1v) is 8.47. The highest BCUT2D eigenvalue weighted by molar-refractivity contribution is 6.30. The molecule has 3 rings (SSSR count). The van der Waals surface area contributed by atoms with Crippen LogP contribution in [0.5, 0.6) is 0 Å². The minimum atomic E-state index is -0.496. The number of carbonyl (C=O) groups is 1. The molecule has 0 spiro atoms. The van der Waals surface area contributed by atoms with E-state index in [9.17, 15) is 14.9 Å². The number of aromatic nitrogens is 4. The van der Waals surface area contributed by atoms with Gasteiger partial charge in [-0.05, 0) is 31.5 Å². The molecule has 0 saturated heterocycles. The lowest BCUT2D eigenvalue weighted by Crippen LogP contribution is -2.20. The van der Waals surface area contributed by atoms with Gasteiger partial charge in [0, 0.05) is 17.3 Å². The summed E-state index contributed by atoms with van der Waals surface area (Å²) in [7, 11) is 0. The normalized spacial score (nSPS) is 10.8. The van der Waals surface area contributed by atoms with Crippen LogP contribution in [0.15, 0.2) is 36.5 Å². The fraction of sp³-hybridized carbons (Fsp3) is 0.235. The fourth-order valence-corrected chi connectivity index (χ4v) is 2.98. The summed E-state index contributed by atoms with van der Waals surface area (Å²) in [5.74, 6) is 0.0153. The van der Waals surface area contributed by atoms with Crippen LogP contribution < -0.4 is 5.32 Å². The molecule has 0 unspecified atom stereocenters. The molecule has 10 heteroatoms. The van der Waals surface area contributed by atoms with Crippen LogP contribution in [0, 0.1) is 24.0 Å². The highest BCUT2D eigenvalue weighted by Gasteiger charge is 2.22. The zero-order valence-electron chi connectivity index (χ0n) is 14.7. The second-order valence-electron chi connectivity index (χ2n) is 6.01. The van der Waals surface area contributed by atoms with Gasteiger partial charge in [0.2, 0.25) is 5.91 Å². The molecule has 1 N–H and O–H groups in total. The molecule has 27 heavy (non-hydrogen) atoms. The molecule has 0 aliphatic rings. The molecule has 140 valence electrons. The van der Waals surface area contributed by atoms with Gasteiger partial charge < -0.3 is 5.32 Å². The summed E-state index contributed by atoms with van der Waals surface area (Å²) in [6.45, 7) is 3.48. The predicted octanol–water partition coefficient (Wildman–Crippen LogP) is 2.95. The topological polar surface area (TPSA) is 108 Å². The average Bonchev–Trinajstić information content (AvgIpc) is 3.11. The van der Waals surface area contributed by atoms with Crippen LogP contribution in [0.1, 0.15) is 17.0 Å². The monoisotopic (exact) mass is 388 g/mol. The van der Waals surface area contributed by atoms with Crippen LogP contribution in [0.3, 0.4) is 0 Å². The Kier molecular flexibility index (Phi) is 5.22. The number of aryl methyl sites for hydroxylation is 1. The van der Waals surface area contributed by atoms with Gasteiger partial charge in [-0.3, -0.25) is 24.3 Å². The molecular formula is C17H17ClN6O3. The summed E-state index contributed by atoms with van der Waals surface area (Å²) in [5.41, 5.74) is 1.52. The maximum Gasteiger partial charge on any atom is 0.312 e. The molecule has 2 heterocycles. The second-order valence-corrected chi connectivity index (χ2v) is 6.45. The van der Waals surface area contributed by atoms with Crippen molar-refractivity contribution in [2.75, 3.05) is 5.32 Å². The molecule has 0 atom stereocenters. The summed E-state index contributed by atoms with van der Waals surface area (Å²) in [5, 5.41) is 22.7. The molecule has 0 radical (unpaired) electrons. The lowest BCUT2D eigenvalue weighted by molar-refractivity contribution is -0.386. The molecule has 0 fully saturated rings. The fourth-order valence-electron chi connectivity index (χ4n) is 2.76. The second kappa shape index (κ2) is 7.58. The van der Waals surface area contributed by atoms with Crippen LogP contribution >= 0.6 is 11.6 Å². The van der Waals surface area contributed by atoms with E-state index in [-0.39, 0.29) is 23.8 Å². The van der Waals surface area contributed by atoms with Gasteiger partial charge in [-0.15, -0.1) is 0 Å². The van der Waals surface area contributed by atoms with E-state index in [0.29, 0.717) is 23.1 Å². The zero-order valence-corrected chi connectivity index (χ0v) is 15.5. The molecule has 0 bridgehead atoms. The number of hydrogen-bond donors (Lipinski definition) is 1. The molecule has 9 nitrogen and oxygen atoms in total. The Morgan fingerprint density at radius 3 is 2.74 bits per heavy atom. The highest BCUT2D eigenvalue weighted by atomic mass is 35.5. The molecule has 2 aromatic heterocycles. The van der Waals surface area contributed by atoms with Gasteiger partial charge in [-0.1, -0.05) is 23.7 Å². The number of halogens is 1. The number of amides is 1. The van der Waals surface area contributed by atoms with Crippen LogP contribution in [0.4, 0.5) is 11.5 Å². The van der Waals surface area contributed by atoms with Crippen molar-refractivity contribution in [2.24, 2.45) is 0 Å². The van der Waals surface area contributed by atoms with E-state index in [1.165, 1.54) is 11.6 Å². The molecule has 3 aromatic rings. The molecule has 0 aliphatic carbocycles. The van der Waals surface area contributed by atoms with Crippen molar-refractivity contribution < 1.29 is 9.72 Å². The number of nitrogens with zero attached hydrogens (tertiary/aromatic N) is 5. The number of nitrogens with one attached hydrogen (secondary N) is 1. The molecular weight excluding hydrogens is 372 g/mol. The van der Waals surface area contributed by atoms with Crippen molar-refractivity contribution in [3.8, 4) is 0 Å². The quantitative estimate of drug-likeness (QED) is 0.516. The minimum absolute atomic E-state index is 0.0754. The average molecular weight is 389 g/mol. The Morgan fingerprint density at radius 2 is 2.07 bits per heavy atom. The number of benzene rings is 1. The van der Waals surface area contributed by atoms with Gasteiger partial charge in [0.15, 0.2) is 5.82 Å². The van der Waals surface area contributed by atoms with Crippen molar-refractivity contribution in [3.05, 3.63) is 68.6 Å². The van der Waals surface area contributed by atoms with Crippen molar-refractivity contribution in [2.45, 2.75) is 26.9 Å². The lowest BCUT2D eigenvalue weighted by Gasteiger charge is -2.05. The van der Waals surface area contributed by atoms with Gasteiger partial charge in [-0.2, -0.15) is 10.2 Å². The van der Waals surface area contributed by atoms with E-state index in [4.69, 9.17) is 11.6 Å². The van der Waals surface area contributed by atoms with E-state index in [1.807, 2.05) is 18.2 Å². The van der Waals surface area contributed by atoms with E-state index < -0.39 is 4.92 Å². The lowest BCUT2D eigenvalue weighted by atomic mass is 10.2. The van der Waals surface area contributed by atoms with Gasteiger partial charge in [0.25, 0.3) is 0 Å². The third kappa shape index (κ3) is 4.32. The van der Waals surface area contributed by atoms with Crippen molar-refractivity contribution in [3.63, 3.8) is 0 Å². The number of anilines is 1. The Labute approximate surface area is 159 Å². The smallest absolute Gasteiger partial charge is 0.308 e. The van der Waals surface area contributed by atoms with Crippen LogP contribution in [-0.2, 0) is 17.9 Å². The SMILES string of the molecule is Cc1nn(CC(=O)Nc2ccn(Cc3cccc(Cl)c3)n2)c(C)c1[N+](=O)[O-].